The van der Waals surface area contributed by atoms with Crippen LogP contribution in [0.1, 0.15) is 96.0 Å². The second-order valence-electron chi connectivity index (χ2n) is 12.3. The first-order chi connectivity index (χ1) is 23.0. The van der Waals surface area contributed by atoms with E-state index >= 15 is 0 Å². The fraction of sp³-hybridized carbons (Fsp3) is 0.308. The number of aryl methyl sites for hydroxylation is 1. The molecule has 3 aromatic carbocycles. The van der Waals surface area contributed by atoms with Crippen molar-refractivity contribution in [1.29, 1.82) is 0 Å². The van der Waals surface area contributed by atoms with Gasteiger partial charge in [0.15, 0.2) is 6.29 Å². The molecule has 2 aliphatic carbocycles. The molecule has 1 fully saturated rings. The normalized spacial score (nSPS) is 15.9. The number of fused-ring (bicyclic) bond motifs is 1. The number of nitrogens with one attached hydrogen (secondary N) is 2. The average Bonchev–Trinajstić information content (AvgIpc) is 3.44. The summed E-state index contributed by atoms with van der Waals surface area (Å²) in [6, 6.07) is 21.1. The van der Waals surface area contributed by atoms with Crippen molar-refractivity contribution in [3.63, 3.8) is 0 Å². The monoisotopic (exact) mass is 627 g/mol. The van der Waals surface area contributed by atoms with Gasteiger partial charge < -0.3 is 15.2 Å². The molecule has 1 heterocycles. The van der Waals surface area contributed by atoms with E-state index in [1.807, 2.05) is 36.4 Å². The maximum Gasteiger partial charge on any atom is 0.319 e. The number of aldehydes is 1. The number of unbranched alkanes of at least 4 members (excludes halogenated alkanes) is 1. The van der Waals surface area contributed by atoms with E-state index in [0.717, 1.165) is 84.2 Å². The van der Waals surface area contributed by atoms with E-state index in [0.29, 0.717) is 36.1 Å². The Morgan fingerprint density at radius 2 is 1.83 bits per heavy atom. The summed E-state index contributed by atoms with van der Waals surface area (Å²) >= 11 is 0. The van der Waals surface area contributed by atoms with Gasteiger partial charge in [-0.25, -0.2) is 14.8 Å². The summed E-state index contributed by atoms with van der Waals surface area (Å²) in [6.45, 7) is 2.81. The Morgan fingerprint density at radius 3 is 2.62 bits per heavy atom. The molecule has 8 nitrogen and oxygen atoms in total. The first kappa shape index (κ1) is 31.9. The lowest BCUT2D eigenvalue weighted by Gasteiger charge is -2.22. The largest absolute Gasteiger partial charge is 0.335 e. The standard InChI is InChI=1S/C39H41N5O3/c1-2-3-17-37-42-35-23-22-31(41-39(47)40-30-12-5-4-6-13-30)24-36(35)44(37)25-27-18-20-28(21-19-27)32-14-9-10-16-34(32)43-38(46)33-15-8-7-11-29(33)26-45/h7-11,14-15,18-24,26,30H,2-6,12-13,16-17,25H2,1H3,(H2,40,41,47). The summed E-state index contributed by atoms with van der Waals surface area (Å²) in [5.74, 6) is 0.603. The summed E-state index contributed by atoms with van der Waals surface area (Å²) < 4.78 is 2.25. The third-order valence-corrected chi connectivity index (χ3v) is 8.96. The Bertz CT molecular complexity index is 1860. The molecule has 0 atom stereocenters. The van der Waals surface area contributed by atoms with Crippen molar-refractivity contribution in [2.45, 2.75) is 77.3 Å². The van der Waals surface area contributed by atoms with Crippen LogP contribution in [0.4, 0.5) is 10.5 Å². The van der Waals surface area contributed by atoms with Crippen LogP contribution in [-0.4, -0.2) is 39.5 Å². The molecule has 1 saturated carbocycles. The summed E-state index contributed by atoms with van der Waals surface area (Å²) in [5.41, 5.74) is 6.90. The van der Waals surface area contributed by atoms with Gasteiger partial charge in [-0.3, -0.25) is 9.59 Å². The van der Waals surface area contributed by atoms with Crippen LogP contribution >= 0.6 is 0 Å². The summed E-state index contributed by atoms with van der Waals surface area (Å²) in [7, 11) is 0. The number of amides is 3. The van der Waals surface area contributed by atoms with Gasteiger partial charge in [-0.15, -0.1) is 0 Å². The van der Waals surface area contributed by atoms with Gasteiger partial charge in [0.1, 0.15) is 5.82 Å². The van der Waals surface area contributed by atoms with Gasteiger partial charge in [0.25, 0.3) is 5.91 Å². The molecule has 47 heavy (non-hydrogen) atoms. The van der Waals surface area contributed by atoms with Crippen LogP contribution in [0.2, 0.25) is 0 Å². The molecular weight excluding hydrogens is 586 g/mol. The fourth-order valence-corrected chi connectivity index (χ4v) is 6.42. The first-order valence-electron chi connectivity index (χ1n) is 16.7. The van der Waals surface area contributed by atoms with Crippen molar-refractivity contribution in [3.05, 3.63) is 113 Å². The summed E-state index contributed by atoms with van der Waals surface area (Å²) in [6.07, 6.45) is 15.8. The number of imidazole rings is 1. The molecular formula is C39H41N5O3. The van der Waals surface area contributed by atoms with Crippen LogP contribution in [0.3, 0.4) is 0 Å². The van der Waals surface area contributed by atoms with Gasteiger partial charge in [-0.2, -0.15) is 0 Å². The maximum atomic E-state index is 13.1. The molecule has 0 radical (unpaired) electrons. The highest BCUT2D eigenvalue weighted by Gasteiger charge is 2.18. The van der Waals surface area contributed by atoms with E-state index in [4.69, 9.17) is 4.98 Å². The molecule has 0 aliphatic heterocycles. The third-order valence-electron chi connectivity index (χ3n) is 8.96. The van der Waals surface area contributed by atoms with Crippen molar-refractivity contribution >= 4 is 46.2 Å². The molecule has 0 bridgehead atoms. The Kier molecular flexibility index (Phi) is 10.2. The molecule has 3 amide bonds. The number of benzene rings is 3. The quantitative estimate of drug-likeness (QED) is 0.173. The van der Waals surface area contributed by atoms with Crippen LogP contribution in [0.25, 0.3) is 16.6 Å². The van der Waals surface area contributed by atoms with Gasteiger partial charge in [0, 0.05) is 42.3 Å². The van der Waals surface area contributed by atoms with E-state index in [-0.39, 0.29) is 12.1 Å². The minimum absolute atomic E-state index is 0.159. The van der Waals surface area contributed by atoms with Crippen molar-refractivity contribution in [3.8, 4) is 0 Å². The van der Waals surface area contributed by atoms with Crippen LogP contribution in [0.15, 0.2) is 90.0 Å². The molecule has 240 valence electrons. The second kappa shape index (κ2) is 15.0. The smallest absolute Gasteiger partial charge is 0.319 e. The third kappa shape index (κ3) is 7.65. The van der Waals surface area contributed by atoms with Gasteiger partial charge in [-0.1, -0.05) is 93.3 Å². The van der Waals surface area contributed by atoms with Crippen LogP contribution in [0, 0.1) is 0 Å². The topological polar surface area (TPSA) is 105 Å². The number of nitrogens with zero attached hydrogens (tertiary/aromatic N) is 3. The highest BCUT2D eigenvalue weighted by atomic mass is 16.2. The molecule has 8 heteroatoms. The Morgan fingerprint density at radius 1 is 1.02 bits per heavy atom. The van der Waals surface area contributed by atoms with E-state index in [2.05, 4.69) is 51.4 Å². The van der Waals surface area contributed by atoms with Gasteiger partial charge in [-0.05, 0) is 54.7 Å². The zero-order valence-corrected chi connectivity index (χ0v) is 26.9. The SMILES string of the molecule is CCCCc1nc2ccc(NC(=O)NC3CCCCC3)cc2n1Cc1ccc(C2=CC=CCC2=NC(=O)c2ccccc2C=O)cc1. The molecule has 2 N–H and O–H groups in total. The predicted octanol–water partition coefficient (Wildman–Crippen LogP) is 8.32. The predicted molar refractivity (Wildman–Crippen MR) is 188 cm³/mol. The number of hydrogen-bond acceptors (Lipinski definition) is 4. The second-order valence-corrected chi connectivity index (χ2v) is 12.3. The van der Waals surface area contributed by atoms with E-state index in [9.17, 15) is 14.4 Å². The highest BCUT2D eigenvalue weighted by molar-refractivity contribution is 6.28. The minimum Gasteiger partial charge on any atom is -0.335 e. The van der Waals surface area contributed by atoms with Crippen molar-refractivity contribution < 1.29 is 14.4 Å². The van der Waals surface area contributed by atoms with Gasteiger partial charge >= 0.3 is 6.03 Å². The van der Waals surface area contributed by atoms with E-state index in [1.54, 1.807) is 24.3 Å². The number of allylic oxidation sites excluding steroid dienone is 4. The lowest BCUT2D eigenvalue weighted by molar-refractivity contribution is 0.0995. The summed E-state index contributed by atoms with van der Waals surface area (Å²) in [4.78, 5) is 46.7. The minimum atomic E-state index is -0.424. The van der Waals surface area contributed by atoms with Gasteiger partial charge in [0.05, 0.1) is 22.3 Å². The number of carbonyl (C=O) groups excluding carboxylic acids is 3. The van der Waals surface area contributed by atoms with Crippen molar-refractivity contribution in [1.82, 2.24) is 14.9 Å². The van der Waals surface area contributed by atoms with Crippen molar-refractivity contribution in [2.75, 3.05) is 5.32 Å². The Hall–Kier alpha value is -5.11. The zero-order chi connectivity index (χ0) is 32.6. The number of carbonyl (C=O) groups is 3. The van der Waals surface area contributed by atoms with E-state index < -0.39 is 5.91 Å². The molecule has 4 aromatic rings. The zero-order valence-electron chi connectivity index (χ0n) is 26.9. The fourth-order valence-electron chi connectivity index (χ4n) is 6.42. The molecule has 0 spiro atoms. The average molecular weight is 628 g/mol. The number of anilines is 1. The van der Waals surface area contributed by atoms with E-state index in [1.165, 1.54) is 6.42 Å². The van der Waals surface area contributed by atoms with Crippen LogP contribution in [0.5, 0.6) is 0 Å². The molecule has 0 unspecified atom stereocenters. The number of rotatable bonds is 10. The molecule has 2 aliphatic rings. The number of aliphatic imine (C=N–C) groups is 1. The maximum absolute atomic E-state index is 13.1. The highest BCUT2D eigenvalue weighted by Crippen LogP contribution is 2.26. The van der Waals surface area contributed by atoms with Crippen molar-refractivity contribution in [2.24, 2.45) is 4.99 Å². The Labute approximate surface area is 275 Å². The lowest BCUT2D eigenvalue weighted by atomic mass is 9.94. The number of urea groups is 1. The molecule has 6 rings (SSSR count). The Balaban J connectivity index is 1.22. The number of aromatic nitrogens is 2. The van der Waals surface area contributed by atoms with Crippen LogP contribution < -0.4 is 10.6 Å². The number of hydrogen-bond donors (Lipinski definition) is 2. The summed E-state index contributed by atoms with van der Waals surface area (Å²) in [5, 5.41) is 6.19. The first-order valence-corrected chi connectivity index (χ1v) is 16.7. The van der Waals surface area contributed by atoms with Crippen LogP contribution in [-0.2, 0) is 13.0 Å². The molecule has 0 saturated heterocycles. The molecule has 1 aromatic heterocycles. The lowest BCUT2D eigenvalue weighted by Crippen LogP contribution is -2.39. The van der Waals surface area contributed by atoms with Gasteiger partial charge in [0.2, 0.25) is 0 Å².